The number of hydrogen-bond donors (Lipinski definition) is 2. The summed E-state index contributed by atoms with van der Waals surface area (Å²) in [6.45, 7) is 4.02. The zero-order valence-electron chi connectivity index (χ0n) is 18.0. The van der Waals surface area contributed by atoms with Crippen molar-refractivity contribution in [3.05, 3.63) is 82.4 Å². The average molecular weight is 454 g/mol. The van der Waals surface area contributed by atoms with Crippen LogP contribution in [0.25, 0.3) is 11.1 Å². The Hall–Kier alpha value is -3.51. The number of amides is 1. The lowest BCUT2D eigenvalue weighted by Crippen LogP contribution is -2.23. The van der Waals surface area contributed by atoms with E-state index in [0.29, 0.717) is 22.1 Å². The summed E-state index contributed by atoms with van der Waals surface area (Å²) in [6, 6.07) is 17.1. The van der Waals surface area contributed by atoms with Gasteiger partial charge in [-0.2, -0.15) is 0 Å². The van der Waals surface area contributed by atoms with E-state index >= 15 is 0 Å². The third kappa shape index (κ3) is 5.59. The largest absolute Gasteiger partial charge is 0.496 e. The number of carboxylic acids is 1. The number of hydrogen-bond acceptors (Lipinski definition) is 4. The van der Waals surface area contributed by atoms with E-state index in [1.807, 2.05) is 32.0 Å². The summed E-state index contributed by atoms with van der Waals surface area (Å²) in [5, 5.41) is 12.4. The highest BCUT2D eigenvalue weighted by molar-refractivity contribution is 6.34. The molecule has 0 bridgehead atoms. The smallest absolute Gasteiger partial charge is 0.335 e. The molecule has 0 aliphatic heterocycles. The molecule has 0 unspecified atom stereocenters. The van der Waals surface area contributed by atoms with Crippen LogP contribution in [-0.2, 0) is 6.54 Å². The van der Waals surface area contributed by atoms with Crippen molar-refractivity contribution in [3.63, 3.8) is 0 Å². The second-order valence-corrected chi connectivity index (χ2v) is 7.81. The standard InChI is InChI=1S/C25H24ClNO5/c1-15(2)32-20-8-9-21(22(26)13-20)24(28)27-14-19-12-17(7-10-23(19)31-3)16-5-4-6-18(11-16)25(29)30/h4-13,15H,14H2,1-3H3,(H,27,28)(H,29,30). The minimum absolute atomic E-state index is 0.00155. The summed E-state index contributed by atoms with van der Waals surface area (Å²) in [5.74, 6) is -0.115. The van der Waals surface area contributed by atoms with Crippen molar-refractivity contribution in [1.82, 2.24) is 5.32 Å². The van der Waals surface area contributed by atoms with Gasteiger partial charge in [0.25, 0.3) is 5.91 Å². The summed E-state index contributed by atoms with van der Waals surface area (Å²) >= 11 is 6.28. The van der Waals surface area contributed by atoms with E-state index < -0.39 is 5.97 Å². The van der Waals surface area contributed by atoms with E-state index in [-0.39, 0.29) is 24.1 Å². The number of nitrogens with one attached hydrogen (secondary N) is 1. The predicted molar refractivity (Wildman–Crippen MR) is 124 cm³/mol. The quantitative estimate of drug-likeness (QED) is 0.475. The monoisotopic (exact) mass is 453 g/mol. The Morgan fingerprint density at radius 1 is 1.03 bits per heavy atom. The van der Waals surface area contributed by atoms with Crippen LogP contribution in [-0.4, -0.2) is 30.2 Å². The Bertz CT molecular complexity index is 1140. The van der Waals surface area contributed by atoms with Crippen molar-refractivity contribution in [1.29, 1.82) is 0 Å². The maximum Gasteiger partial charge on any atom is 0.335 e. The Kier molecular flexibility index (Phi) is 7.38. The number of benzene rings is 3. The lowest BCUT2D eigenvalue weighted by Gasteiger charge is -2.14. The molecule has 3 aromatic rings. The van der Waals surface area contributed by atoms with Gasteiger partial charge in [0.05, 0.1) is 29.4 Å². The topological polar surface area (TPSA) is 84.9 Å². The highest BCUT2D eigenvalue weighted by Gasteiger charge is 2.14. The summed E-state index contributed by atoms with van der Waals surface area (Å²) in [7, 11) is 1.55. The second kappa shape index (κ2) is 10.2. The van der Waals surface area contributed by atoms with Crippen molar-refractivity contribution in [2.24, 2.45) is 0 Å². The number of carbonyl (C=O) groups is 2. The average Bonchev–Trinajstić information content (AvgIpc) is 2.77. The second-order valence-electron chi connectivity index (χ2n) is 7.40. The van der Waals surface area contributed by atoms with Gasteiger partial charge < -0.3 is 19.9 Å². The molecule has 0 aliphatic rings. The lowest BCUT2D eigenvalue weighted by molar-refractivity contribution is 0.0696. The number of ether oxygens (including phenoxy) is 2. The zero-order chi connectivity index (χ0) is 23.3. The van der Waals surface area contributed by atoms with E-state index in [1.54, 1.807) is 43.5 Å². The number of rotatable bonds is 8. The van der Waals surface area contributed by atoms with Crippen LogP contribution in [0.1, 0.15) is 40.1 Å². The van der Waals surface area contributed by atoms with E-state index in [2.05, 4.69) is 5.32 Å². The van der Waals surface area contributed by atoms with Crippen molar-refractivity contribution < 1.29 is 24.2 Å². The molecule has 0 saturated carbocycles. The van der Waals surface area contributed by atoms with Crippen molar-refractivity contribution in [3.8, 4) is 22.6 Å². The Morgan fingerprint density at radius 2 is 1.78 bits per heavy atom. The number of carboxylic acid groups (broad SMARTS) is 1. The molecule has 1 amide bonds. The first-order valence-corrected chi connectivity index (χ1v) is 10.4. The molecule has 0 saturated heterocycles. The molecule has 0 aliphatic carbocycles. The van der Waals surface area contributed by atoms with E-state index in [4.69, 9.17) is 21.1 Å². The molecule has 0 fully saturated rings. The fourth-order valence-corrected chi connectivity index (χ4v) is 3.48. The minimum Gasteiger partial charge on any atom is -0.496 e. The SMILES string of the molecule is COc1ccc(-c2cccc(C(=O)O)c2)cc1CNC(=O)c1ccc(OC(C)C)cc1Cl. The van der Waals surface area contributed by atoms with Gasteiger partial charge in [-0.05, 0) is 67.4 Å². The van der Waals surface area contributed by atoms with Crippen molar-refractivity contribution in [2.45, 2.75) is 26.5 Å². The third-order valence-corrected chi connectivity index (χ3v) is 5.03. The molecule has 3 aromatic carbocycles. The number of aromatic carboxylic acids is 1. The maximum absolute atomic E-state index is 12.7. The molecular weight excluding hydrogens is 430 g/mol. The van der Waals surface area contributed by atoms with Gasteiger partial charge in [-0.3, -0.25) is 4.79 Å². The van der Waals surface area contributed by atoms with Gasteiger partial charge in [-0.1, -0.05) is 29.8 Å². The molecular formula is C25H24ClNO5. The van der Waals surface area contributed by atoms with Gasteiger partial charge in [-0.25, -0.2) is 4.79 Å². The summed E-state index contributed by atoms with van der Waals surface area (Å²) in [6.07, 6.45) is 0.00155. The van der Waals surface area contributed by atoms with Gasteiger partial charge in [-0.15, -0.1) is 0 Å². The van der Waals surface area contributed by atoms with Crippen LogP contribution in [0.15, 0.2) is 60.7 Å². The molecule has 166 valence electrons. The van der Waals surface area contributed by atoms with Crippen LogP contribution in [0, 0.1) is 0 Å². The number of halogens is 1. The summed E-state index contributed by atoms with van der Waals surface area (Å²) in [4.78, 5) is 24.0. The lowest BCUT2D eigenvalue weighted by atomic mass is 10.0. The molecule has 0 spiro atoms. The van der Waals surface area contributed by atoms with Crippen LogP contribution in [0.2, 0.25) is 5.02 Å². The minimum atomic E-state index is -0.991. The normalized spacial score (nSPS) is 10.7. The Morgan fingerprint density at radius 3 is 2.44 bits per heavy atom. The summed E-state index contributed by atoms with van der Waals surface area (Å²) in [5.41, 5.74) is 2.85. The van der Waals surface area contributed by atoms with Crippen LogP contribution in [0.5, 0.6) is 11.5 Å². The number of methoxy groups -OCH3 is 1. The molecule has 0 atom stereocenters. The van der Waals surface area contributed by atoms with Gasteiger partial charge in [0.1, 0.15) is 11.5 Å². The van der Waals surface area contributed by atoms with Crippen LogP contribution >= 0.6 is 11.6 Å². The molecule has 0 radical (unpaired) electrons. The maximum atomic E-state index is 12.7. The Labute approximate surface area is 191 Å². The molecule has 6 nitrogen and oxygen atoms in total. The van der Waals surface area contributed by atoms with E-state index in [1.165, 1.54) is 6.07 Å². The fourth-order valence-electron chi connectivity index (χ4n) is 3.22. The van der Waals surface area contributed by atoms with Gasteiger partial charge in [0, 0.05) is 12.1 Å². The zero-order valence-corrected chi connectivity index (χ0v) is 18.8. The fraction of sp³-hybridized carbons (Fsp3) is 0.200. The van der Waals surface area contributed by atoms with Crippen LogP contribution < -0.4 is 14.8 Å². The van der Waals surface area contributed by atoms with Crippen LogP contribution in [0.3, 0.4) is 0 Å². The Balaban J connectivity index is 1.80. The van der Waals surface area contributed by atoms with Crippen LogP contribution in [0.4, 0.5) is 0 Å². The first kappa shape index (κ1) is 23.2. The molecule has 2 N–H and O–H groups in total. The predicted octanol–water partition coefficient (Wildman–Crippen LogP) is 5.43. The highest BCUT2D eigenvalue weighted by atomic mass is 35.5. The van der Waals surface area contributed by atoms with Gasteiger partial charge >= 0.3 is 5.97 Å². The first-order valence-electron chi connectivity index (χ1n) is 10.0. The van der Waals surface area contributed by atoms with Gasteiger partial charge in [0.2, 0.25) is 0 Å². The third-order valence-electron chi connectivity index (χ3n) is 4.72. The first-order chi connectivity index (χ1) is 15.3. The van der Waals surface area contributed by atoms with Gasteiger partial charge in [0.15, 0.2) is 0 Å². The van der Waals surface area contributed by atoms with E-state index in [0.717, 1.165) is 16.7 Å². The molecule has 3 rings (SSSR count). The molecule has 0 heterocycles. The molecule has 7 heteroatoms. The van der Waals surface area contributed by atoms with Crippen molar-refractivity contribution in [2.75, 3.05) is 7.11 Å². The summed E-state index contributed by atoms with van der Waals surface area (Å²) < 4.78 is 11.0. The molecule has 32 heavy (non-hydrogen) atoms. The highest BCUT2D eigenvalue weighted by Crippen LogP contribution is 2.28. The van der Waals surface area contributed by atoms with E-state index in [9.17, 15) is 14.7 Å². The molecule has 0 aromatic heterocycles. The number of carbonyl (C=O) groups excluding carboxylic acids is 1. The van der Waals surface area contributed by atoms with Crippen molar-refractivity contribution >= 4 is 23.5 Å².